The van der Waals surface area contributed by atoms with Crippen LogP contribution in [0.5, 0.6) is 0 Å². The standard InChI is InChI=1S/C9H26O3Si3/c1-8-10-9-14(4,5)12-15(6,7)11-13(2)3/h13H,8-9H2,1-7H3. The summed E-state index contributed by atoms with van der Waals surface area (Å²) in [5.74, 6) is 0. The Kier molecular flexibility index (Phi) is 6.53. The fourth-order valence-electron chi connectivity index (χ4n) is 1.63. The molecule has 0 bridgehead atoms. The number of hydrogen-bond acceptors (Lipinski definition) is 3. The Morgan fingerprint density at radius 1 is 1.07 bits per heavy atom. The largest absolute Gasteiger partial charge is 0.440 e. The molecular formula is C9H26O3Si3. The van der Waals surface area contributed by atoms with E-state index in [0.29, 0.717) is 0 Å². The second kappa shape index (κ2) is 6.31. The van der Waals surface area contributed by atoms with Crippen molar-refractivity contribution in [2.75, 3.05) is 12.8 Å². The predicted octanol–water partition coefficient (Wildman–Crippen LogP) is 2.49. The fraction of sp³-hybridized carbons (Fsp3) is 1.00. The summed E-state index contributed by atoms with van der Waals surface area (Å²) in [7, 11) is -4.59. The van der Waals surface area contributed by atoms with Crippen molar-refractivity contribution in [3.05, 3.63) is 0 Å². The van der Waals surface area contributed by atoms with E-state index < -0.39 is 25.9 Å². The number of rotatable bonds is 7. The van der Waals surface area contributed by atoms with E-state index in [0.717, 1.165) is 12.8 Å². The highest BCUT2D eigenvalue weighted by Gasteiger charge is 2.35. The average molecular weight is 267 g/mol. The van der Waals surface area contributed by atoms with Gasteiger partial charge in [0.25, 0.3) is 0 Å². The molecule has 3 nitrogen and oxygen atoms in total. The molecule has 0 fully saturated rings. The van der Waals surface area contributed by atoms with Crippen LogP contribution >= 0.6 is 0 Å². The molecule has 0 saturated heterocycles. The van der Waals surface area contributed by atoms with E-state index in [9.17, 15) is 0 Å². The lowest BCUT2D eigenvalue weighted by molar-refractivity contribution is 0.177. The third kappa shape index (κ3) is 8.35. The molecule has 0 aliphatic rings. The van der Waals surface area contributed by atoms with Crippen molar-refractivity contribution in [2.45, 2.75) is 46.2 Å². The zero-order valence-electron chi connectivity index (χ0n) is 11.2. The molecular weight excluding hydrogens is 240 g/mol. The molecule has 0 saturated carbocycles. The Morgan fingerprint density at radius 3 is 2.00 bits per heavy atom. The minimum atomic E-state index is -1.91. The molecule has 15 heavy (non-hydrogen) atoms. The van der Waals surface area contributed by atoms with Crippen molar-refractivity contribution >= 4 is 25.9 Å². The maximum absolute atomic E-state index is 6.20. The first-order chi connectivity index (χ1) is 6.68. The summed E-state index contributed by atoms with van der Waals surface area (Å²) in [4.78, 5) is 0. The summed E-state index contributed by atoms with van der Waals surface area (Å²) in [6.07, 6.45) is 0.767. The molecule has 0 aliphatic carbocycles. The van der Waals surface area contributed by atoms with Crippen LogP contribution in [0.1, 0.15) is 6.92 Å². The smallest absolute Gasteiger partial charge is 0.311 e. The summed E-state index contributed by atoms with van der Waals surface area (Å²) >= 11 is 0. The van der Waals surface area contributed by atoms with E-state index in [4.69, 9.17) is 13.0 Å². The molecule has 0 aromatic heterocycles. The minimum absolute atomic E-state index is 0.765. The summed E-state index contributed by atoms with van der Waals surface area (Å²) in [5.41, 5.74) is 0. The highest BCUT2D eigenvalue weighted by molar-refractivity contribution is 6.84. The zero-order chi connectivity index (χ0) is 12.1. The highest BCUT2D eigenvalue weighted by Crippen LogP contribution is 2.16. The predicted molar refractivity (Wildman–Crippen MR) is 72.5 cm³/mol. The Labute approximate surface area is 98.2 Å². The molecule has 0 aromatic carbocycles. The summed E-state index contributed by atoms with van der Waals surface area (Å²) in [6, 6.07) is 0. The van der Waals surface area contributed by atoms with Crippen molar-refractivity contribution in [3.63, 3.8) is 0 Å². The topological polar surface area (TPSA) is 27.7 Å². The van der Waals surface area contributed by atoms with Gasteiger partial charge in [0.1, 0.15) is 0 Å². The summed E-state index contributed by atoms with van der Waals surface area (Å²) < 4.78 is 17.7. The van der Waals surface area contributed by atoms with Crippen molar-refractivity contribution < 1.29 is 13.0 Å². The Bertz CT molecular complexity index is 183. The van der Waals surface area contributed by atoms with Crippen LogP contribution in [0.25, 0.3) is 0 Å². The van der Waals surface area contributed by atoms with Crippen LogP contribution in [0.2, 0.25) is 39.3 Å². The van der Waals surface area contributed by atoms with Gasteiger partial charge in [-0.15, -0.1) is 0 Å². The molecule has 0 spiro atoms. The maximum atomic E-state index is 6.20. The highest BCUT2D eigenvalue weighted by atomic mass is 28.5. The van der Waals surface area contributed by atoms with Gasteiger partial charge in [-0.3, -0.25) is 0 Å². The van der Waals surface area contributed by atoms with Crippen LogP contribution < -0.4 is 0 Å². The average Bonchev–Trinajstić information content (AvgIpc) is 1.95. The van der Waals surface area contributed by atoms with Gasteiger partial charge in [-0.25, -0.2) is 0 Å². The molecule has 0 unspecified atom stereocenters. The minimum Gasteiger partial charge on any atom is -0.440 e. The lowest BCUT2D eigenvalue weighted by atomic mass is 10.9. The normalized spacial score (nSPS) is 13.6. The SMILES string of the molecule is CCOC[Si](C)(C)O[Si](C)(C)O[SiH](C)C. The first kappa shape index (κ1) is 15.5. The van der Waals surface area contributed by atoms with Crippen LogP contribution in [0.4, 0.5) is 0 Å². The van der Waals surface area contributed by atoms with Gasteiger partial charge in [0.2, 0.25) is 8.32 Å². The van der Waals surface area contributed by atoms with Gasteiger partial charge in [-0.05, 0) is 46.2 Å². The fourth-order valence-corrected chi connectivity index (χ4v) is 13.1. The lowest BCUT2D eigenvalue weighted by Gasteiger charge is -2.34. The van der Waals surface area contributed by atoms with Crippen LogP contribution in [-0.2, 0) is 13.0 Å². The zero-order valence-corrected chi connectivity index (χ0v) is 14.4. The second-order valence-corrected chi connectivity index (χ2v) is 15.5. The van der Waals surface area contributed by atoms with Gasteiger partial charge in [-0.2, -0.15) is 0 Å². The van der Waals surface area contributed by atoms with Gasteiger partial charge >= 0.3 is 8.56 Å². The van der Waals surface area contributed by atoms with E-state index in [1.807, 2.05) is 6.92 Å². The molecule has 0 rings (SSSR count). The third-order valence-electron chi connectivity index (χ3n) is 1.70. The molecule has 6 heteroatoms. The number of ether oxygens (including phenoxy) is 1. The second-order valence-electron chi connectivity index (χ2n) is 5.07. The van der Waals surface area contributed by atoms with Gasteiger partial charge in [0, 0.05) is 6.61 Å². The molecule has 0 aromatic rings. The molecule has 0 heterocycles. The van der Waals surface area contributed by atoms with E-state index in [-0.39, 0.29) is 0 Å². The van der Waals surface area contributed by atoms with Crippen LogP contribution in [-0.4, -0.2) is 38.8 Å². The van der Waals surface area contributed by atoms with Gasteiger partial charge in [0.05, 0.1) is 6.23 Å². The first-order valence-electron chi connectivity index (χ1n) is 5.64. The number of hydrogen-bond donors (Lipinski definition) is 0. The molecule has 0 aliphatic heterocycles. The van der Waals surface area contributed by atoms with Crippen LogP contribution in [0.15, 0.2) is 0 Å². The van der Waals surface area contributed by atoms with E-state index in [1.165, 1.54) is 0 Å². The molecule has 0 radical (unpaired) electrons. The van der Waals surface area contributed by atoms with Gasteiger partial charge < -0.3 is 13.0 Å². The molecule has 0 N–H and O–H groups in total. The van der Waals surface area contributed by atoms with E-state index in [2.05, 4.69) is 39.3 Å². The lowest BCUT2D eigenvalue weighted by Crippen LogP contribution is -2.51. The third-order valence-corrected chi connectivity index (χ3v) is 10.9. The monoisotopic (exact) mass is 266 g/mol. The van der Waals surface area contributed by atoms with E-state index in [1.54, 1.807) is 0 Å². The van der Waals surface area contributed by atoms with Gasteiger partial charge in [-0.1, -0.05) is 0 Å². The van der Waals surface area contributed by atoms with Crippen molar-refractivity contribution in [3.8, 4) is 0 Å². The quantitative estimate of drug-likeness (QED) is 0.663. The summed E-state index contributed by atoms with van der Waals surface area (Å²) in [5, 5.41) is 0. The van der Waals surface area contributed by atoms with Crippen LogP contribution in [0.3, 0.4) is 0 Å². The van der Waals surface area contributed by atoms with Crippen LogP contribution in [0, 0.1) is 0 Å². The Balaban J connectivity index is 4.16. The summed E-state index contributed by atoms with van der Waals surface area (Å²) in [6.45, 7) is 15.8. The van der Waals surface area contributed by atoms with Crippen molar-refractivity contribution in [2.24, 2.45) is 0 Å². The van der Waals surface area contributed by atoms with Crippen molar-refractivity contribution in [1.82, 2.24) is 0 Å². The van der Waals surface area contributed by atoms with Crippen molar-refractivity contribution in [1.29, 1.82) is 0 Å². The Morgan fingerprint density at radius 2 is 1.60 bits per heavy atom. The van der Waals surface area contributed by atoms with Gasteiger partial charge in [0.15, 0.2) is 9.04 Å². The Hall–Kier alpha value is 0.531. The molecule has 92 valence electrons. The van der Waals surface area contributed by atoms with E-state index >= 15 is 0 Å². The maximum Gasteiger partial charge on any atom is 0.311 e. The molecule has 0 atom stereocenters. The first-order valence-corrected chi connectivity index (χ1v) is 14.4. The molecule has 0 amide bonds.